The highest BCUT2D eigenvalue weighted by molar-refractivity contribution is 5.50. The number of halogens is 1. The first kappa shape index (κ1) is 9.80. The molecule has 72 valence electrons. The summed E-state index contributed by atoms with van der Waals surface area (Å²) in [5.41, 5.74) is 5.70. The van der Waals surface area contributed by atoms with Crippen LogP contribution in [0, 0.1) is 5.82 Å². The van der Waals surface area contributed by atoms with Crippen molar-refractivity contribution in [1.29, 1.82) is 0 Å². The van der Waals surface area contributed by atoms with E-state index in [0.29, 0.717) is 18.8 Å². The van der Waals surface area contributed by atoms with Gasteiger partial charge in [0.2, 0.25) is 0 Å². The lowest BCUT2D eigenvalue weighted by Crippen LogP contribution is -2.14. The maximum absolute atomic E-state index is 13.4. The second-order valence-corrected chi connectivity index (χ2v) is 2.54. The number of hydrogen-bond donors (Lipinski definition) is 2. The molecule has 0 fully saturated rings. The molecule has 4 heteroatoms. The molecule has 3 N–H and O–H groups in total. The van der Waals surface area contributed by atoms with Gasteiger partial charge < -0.3 is 15.8 Å². The third-order valence-electron chi connectivity index (χ3n) is 1.64. The molecule has 0 atom stereocenters. The van der Waals surface area contributed by atoms with E-state index in [2.05, 4.69) is 5.32 Å². The lowest BCUT2D eigenvalue weighted by Gasteiger charge is -2.08. The number of nitrogens with two attached hydrogens (primary N) is 1. The fraction of sp³-hybridized carbons (Fsp3) is 0.333. The fourth-order valence-corrected chi connectivity index (χ4v) is 1.01. The van der Waals surface area contributed by atoms with Crippen molar-refractivity contribution < 1.29 is 9.13 Å². The van der Waals surface area contributed by atoms with Crippen LogP contribution in [0.4, 0.5) is 10.1 Å². The Hall–Kier alpha value is -1.29. The molecule has 0 spiro atoms. The van der Waals surface area contributed by atoms with Crippen LogP contribution in [-0.4, -0.2) is 20.2 Å². The number of benzene rings is 1. The highest BCUT2D eigenvalue weighted by Gasteiger charge is 2.06. The minimum absolute atomic E-state index is 0.238. The van der Waals surface area contributed by atoms with Crippen molar-refractivity contribution in [2.75, 3.05) is 25.5 Å². The van der Waals surface area contributed by atoms with Gasteiger partial charge in [0.25, 0.3) is 0 Å². The van der Waals surface area contributed by atoms with Crippen molar-refractivity contribution in [3.05, 3.63) is 24.0 Å². The quantitative estimate of drug-likeness (QED) is 0.739. The summed E-state index contributed by atoms with van der Waals surface area (Å²) in [6.07, 6.45) is 0. The van der Waals surface area contributed by atoms with E-state index < -0.39 is 0 Å². The highest BCUT2D eigenvalue weighted by Crippen LogP contribution is 2.23. The Bertz CT molecular complexity index is 278. The Balaban J connectivity index is 2.81. The largest absolute Gasteiger partial charge is 0.494 e. The van der Waals surface area contributed by atoms with Gasteiger partial charge in [-0.25, -0.2) is 4.39 Å². The van der Waals surface area contributed by atoms with Crippen molar-refractivity contribution in [1.82, 2.24) is 0 Å². The molecular formula is C9H13FN2O. The van der Waals surface area contributed by atoms with E-state index >= 15 is 0 Å². The Labute approximate surface area is 76.7 Å². The Morgan fingerprint density at radius 2 is 2.31 bits per heavy atom. The van der Waals surface area contributed by atoms with Gasteiger partial charge in [0.1, 0.15) is 0 Å². The molecule has 0 saturated carbocycles. The summed E-state index contributed by atoms with van der Waals surface area (Å²) >= 11 is 0. The molecule has 0 aliphatic carbocycles. The van der Waals surface area contributed by atoms with Gasteiger partial charge >= 0.3 is 0 Å². The van der Waals surface area contributed by atoms with Gasteiger partial charge in [0.15, 0.2) is 11.6 Å². The average molecular weight is 184 g/mol. The van der Waals surface area contributed by atoms with Gasteiger partial charge in [-0.2, -0.15) is 0 Å². The van der Waals surface area contributed by atoms with Crippen molar-refractivity contribution in [3.63, 3.8) is 0 Å². The van der Waals surface area contributed by atoms with E-state index in [1.807, 2.05) is 0 Å². The number of hydrogen-bond acceptors (Lipinski definition) is 3. The fourth-order valence-electron chi connectivity index (χ4n) is 1.01. The molecule has 0 saturated heterocycles. The second-order valence-electron chi connectivity index (χ2n) is 2.54. The van der Waals surface area contributed by atoms with Crippen LogP contribution >= 0.6 is 0 Å². The first-order valence-corrected chi connectivity index (χ1v) is 4.06. The summed E-state index contributed by atoms with van der Waals surface area (Å²) in [7, 11) is 1.44. The van der Waals surface area contributed by atoms with E-state index in [1.165, 1.54) is 7.11 Å². The highest BCUT2D eigenvalue weighted by atomic mass is 19.1. The molecule has 0 heterocycles. The lowest BCUT2D eigenvalue weighted by atomic mass is 10.3. The number of ether oxygens (including phenoxy) is 1. The molecular weight excluding hydrogens is 171 g/mol. The van der Waals surface area contributed by atoms with Crippen molar-refractivity contribution in [2.45, 2.75) is 0 Å². The predicted octanol–water partition coefficient (Wildman–Crippen LogP) is 1.20. The zero-order valence-electron chi connectivity index (χ0n) is 7.51. The summed E-state index contributed by atoms with van der Waals surface area (Å²) in [5, 5.41) is 2.86. The molecule has 0 bridgehead atoms. The van der Waals surface area contributed by atoms with E-state index in [0.717, 1.165) is 0 Å². The Morgan fingerprint density at radius 3 is 2.92 bits per heavy atom. The SMILES string of the molecule is COc1cccc(NCCN)c1F. The molecule has 1 aromatic rings. The van der Waals surface area contributed by atoms with Crippen LogP contribution in [0.1, 0.15) is 0 Å². The van der Waals surface area contributed by atoms with Gasteiger partial charge in [-0.05, 0) is 12.1 Å². The van der Waals surface area contributed by atoms with Crippen LogP contribution in [0.3, 0.4) is 0 Å². The maximum atomic E-state index is 13.4. The van der Waals surface area contributed by atoms with Crippen LogP contribution < -0.4 is 15.8 Å². The number of anilines is 1. The zero-order chi connectivity index (χ0) is 9.68. The van der Waals surface area contributed by atoms with E-state index in [1.54, 1.807) is 18.2 Å². The molecule has 1 aromatic carbocycles. The first-order chi connectivity index (χ1) is 6.29. The predicted molar refractivity (Wildman–Crippen MR) is 50.5 cm³/mol. The van der Waals surface area contributed by atoms with Gasteiger partial charge in [-0.1, -0.05) is 6.07 Å². The number of methoxy groups -OCH3 is 1. The smallest absolute Gasteiger partial charge is 0.188 e. The van der Waals surface area contributed by atoms with Crippen molar-refractivity contribution >= 4 is 5.69 Å². The van der Waals surface area contributed by atoms with E-state index in [9.17, 15) is 4.39 Å². The summed E-state index contributed by atoms with van der Waals surface area (Å²) in [6, 6.07) is 4.94. The third kappa shape index (κ3) is 2.32. The normalized spacial score (nSPS) is 9.77. The Kier molecular flexibility index (Phi) is 3.52. The summed E-state index contributed by atoms with van der Waals surface area (Å²) in [6.45, 7) is 1.01. The average Bonchev–Trinajstić information content (AvgIpc) is 2.16. The third-order valence-corrected chi connectivity index (χ3v) is 1.64. The molecule has 0 aliphatic heterocycles. The minimum Gasteiger partial charge on any atom is -0.494 e. The molecule has 0 aliphatic rings. The van der Waals surface area contributed by atoms with Crippen LogP contribution in [0.5, 0.6) is 5.75 Å². The minimum atomic E-state index is -0.376. The summed E-state index contributed by atoms with van der Waals surface area (Å²) in [4.78, 5) is 0. The maximum Gasteiger partial charge on any atom is 0.188 e. The van der Waals surface area contributed by atoms with Crippen LogP contribution in [0.15, 0.2) is 18.2 Å². The van der Waals surface area contributed by atoms with Gasteiger partial charge in [0, 0.05) is 13.1 Å². The molecule has 0 aromatic heterocycles. The molecule has 13 heavy (non-hydrogen) atoms. The van der Waals surface area contributed by atoms with Gasteiger partial charge in [-0.3, -0.25) is 0 Å². The lowest BCUT2D eigenvalue weighted by molar-refractivity contribution is 0.387. The van der Waals surface area contributed by atoms with Crippen molar-refractivity contribution in [2.24, 2.45) is 5.73 Å². The molecule has 0 amide bonds. The van der Waals surface area contributed by atoms with Crippen LogP contribution in [0.2, 0.25) is 0 Å². The topological polar surface area (TPSA) is 47.3 Å². The molecule has 3 nitrogen and oxygen atoms in total. The molecule has 0 unspecified atom stereocenters. The summed E-state index contributed by atoms with van der Waals surface area (Å²) < 4.78 is 18.2. The van der Waals surface area contributed by atoms with Crippen LogP contribution in [0.25, 0.3) is 0 Å². The van der Waals surface area contributed by atoms with Crippen molar-refractivity contribution in [3.8, 4) is 5.75 Å². The van der Waals surface area contributed by atoms with Gasteiger partial charge in [-0.15, -0.1) is 0 Å². The molecule has 0 radical (unpaired) electrons. The second kappa shape index (κ2) is 4.67. The van der Waals surface area contributed by atoms with E-state index in [-0.39, 0.29) is 11.6 Å². The van der Waals surface area contributed by atoms with E-state index in [4.69, 9.17) is 10.5 Å². The number of nitrogens with one attached hydrogen (secondary N) is 1. The molecule has 1 rings (SSSR count). The van der Waals surface area contributed by atoms with Gasteiger partial charge in [0.05, 0.1) is 12.8 Å². The first-order valence-electron chi connectivity index (χ1n) is 4.06. The Morgan fingerprint density at radius 1 is 1.54 bits per heavy atom. The van der Waals surface area contributed by atoms with Crippen LogP contribution in [-0.2, 0) is 0 Å². The zero-order valence-corrected chi connectivity index (χ0v) is 7.51. The standard InChI is InChI=1S/C9H13FN2O/c1-13-8-4-2-3-7(9(8)10)12-6-5-11/h2-4,12H,5-6,11H2,1H3. The number of rotatable bonds is 4. The summed E-state index contributed by atoms with van der Waals surface area (Å²) in [5.74, 6) is -0.138. The monoisotopic (exact) mass is 184 g/mol.